The zero-order valence-electron chi connectivity index (χ0n) is 9.42. The molecule has 0 N–H and O–H groups in total. The van der Waals surface area contributed by atoms with Crippen molar-refractivity contribution in [1.29, 1.82) is 0 Å². The average Bonchev–Trinajstić information content (AvgIpc) is 3.10. The van der Waals surface area contributed by atoms with Gasteiger partial charge in [0.15, 0.2) is 0 Å². The van der Waals surface area contributed by atoms with Crippen LogP contribution in [0.2, 0.25) is 5.76 Å². The van der Waals surface area contributed by atoms with E-state index in [1.54, 1.807) is 18.8 Å². The molecule has 3 rings (SSSR count). The second-order valence-corrected chi connectivity index (χ2v) is 11.9. The van der Waals surface area contributed by atoms with Crippen LogP contribution in [0.25, 0.3) is 0 Å². The minimum atomic E-state index is -2.81. The summed E-state index contributed by atoms with van der Waals surface area (Å²) >= 11 is -2.81. The molecule has 0 aliphatic carbocycles. The monoisotopic (exact) mass is 290 g/mol. The summed E-state index contributed by atoms with van der Waals surface area (Å²) in [6.07, 6.45) is 5.10. The summed E-state index contributed by atoms with van der Waals surface area (Å²) in [5.41, 5.74) is 0. The fourth-order valence-electron chi connectivity index (χ4n) is 2.05. The Labute approximate surface area is 101 Å². The Morgan fingerprint density at radius 3 is 1.29 bits per heavy atom. The van der Waals surface area contributed by atoms with E-state index in [2.05, 4.69) is 5.76 Å². The molecule has 0 spiro atoms. The Balaban J connectivity index is 2.21. The van der Waals surface area contributed by atoms with Gasteiger partial charge in [-0.1, -0.05) is 0 Å². The molecule has 0 aromatic carbocycles. The maximum absolute atomic E-state index is 5.61. The summed E-state index contributed by atoms with van der Waals surface area (Å²) in [5.74, 6) is 2.20. The van der Waals surface area contributed by atoms with E-state index in [1.807, 2.05) is 36.4 Å². The Hall–Kier alpha value is -1.62. The molecule has 3 heterocycles. The standard InChI is InChI=1S/C13H12GeO3/c1-14(11-5-2-8-15-11,12-6-3-9-16-12)13-7-4-10-17-13/h2-10H,1H3. The van der Waals surface area contributed by atoms with Gasteiger partial charge in [-0.15, -0.1) is 0 Å². The summed E-state index contributed by atoms with van der Waals surface area (Å²) in [6, 6.07) is 11.7. The van der Waals surface area contributed by atoms with Crippen molar-refractivity contribution in [3.8, 4) is 0 Å². The molecule has 17 heavy (non-hydrogen) atoms. The van der Waals surface area contributed by atoms with E-state index in [9.17, 15) is 0 Å². The average molecular weight is 289 g/mol. The first kappa shape index (κ1) is 10.5. The fourth-order valence-corrected chi connectivity index (χ4v) is 8.20. The Bertz CT molecular complexity index is 480. The van der Waals surface area contributed by atoms with Crippen molar-refractivity contribution in [2.24, 2.45) is 0 Å². The van der Waals surface area contributed by atoms with E-state index < -0.39 is 13.3 Å². The maximum atomic E-state index is 5.61. The normalized spacial score (nSPS) is 11.8. The molecule has 0 aliphatic rings. The van der Waals surface area contributed by atoms with Crippen LogP contribution < -0.4 is 13.8 Å². The van der Waals surface area contributed by atoms with E-state index in [-0.39, 0.29) is 0 Å². The second kappa shape index (κ2) is 4.00. The van der Waals surface area contributed by atoms with Crippen LogP contribution in [-0.2, 0) is 0 Å². The van der Waals surface area contributed by atoms with Crippen LogP contribution in [-0.4, -0.2) is 13.3 Å². The first-order valence-electron chi connectivity index (χ1n) is 5.44. The van der Waals surface area contributed by atoms with Gasteiger partial charge in [0.1, 0.15) is 0 Å². The molecule has 0 atom stereocenters. The van der Waals surface area contributed by atoms with Gasteiger partial charge in [-0.3, -0.25) is 0 Å². The van der Waals surface area contributed by atoms with E-state index >= 15 is 0 Å². The topological polar surface area (TPSA) is 39.4 Å². The third-order valence-electron chi connectivity index (χ3n) is 3.04. The summed E-state index contributed by atoms with van der Waals surface area (Å²) < 4.78 is 19.8. The van der Waals surface area contributed by atoms with Gasteiger partial charge in [-0.05, 0) is 0 Å². The molecule has 0 aliphatic heterocycles. The van der Waals surface area contributed by atoms with E-state index in [4.69, 9.17) is 13.3 Å². The molecule has 3 aromatic rings. The van der Waals surface area contributed by atoms with Crippen molar-refractivity contribution in [3.63, 3.8) is 0 Å². The van der Waals surface area contributed by atoms with Crippen LogP contribution in [0.1, 0.15) is 0 Å². The zero-order chi connectivity index (χ0) is 11.7. The third kappa shape index (κ3) is 1.58. The molecular weight excluding hydrogens is 277 g/mol. The van der Waals surface area contributed by atoms with Crippen molar-refractivity contribution >= 4 is 27.0 Å². The fraction of sp³-hybridized carbons (Fsp3) is 0.0769. The molecule has 3 aromatic heterocycles. The number of furan rings is 3. The van der Waals surface area contributed by atoms with Crippen LogP contribution in [0.3, 0.4) is 0 Å². The van der Waals surface area contributed by atoms with Crippen LogP contribution in [0.15, 0.2) is 68.4 Å². The number of rotatable bonds is 3. The Morgan fingerprint density at radius 1 is 0.706 bits per heavy atom. The van der Waals surface area contributed by atoms with Gasteiger partial charge in [0, 0.05) is 0 Å². The van der Waals surface area contributed by atoms with Gasteiger partial charge in [0.2, 0.25) is 0 Å². The molecule has 0 bridgehead atoms. The molecular formula is C13H12GeO3. The Morgan fingerprint density at radius 2 is 1.06 bits per heavy atom. The van der Waals surface area contributed by atoms with Crippen LogP contribution >= 0.6 is 0 Å². The summed E-state index contributed by atoms with van der Waals surface area (Å²) in [6.45, 7) is 0. The molecule has 0 saturated heterocycles. The number of hydrogen-bond donors (Lipinski definition) is 0. The summed E-state index contributed by atoms with van der Waals surface area (Å²) in [5, 5.41) is 0. The van der Waals surface area contributed by atoms with Gasteiger partial charge in [-0.2, -0.15) is 0 Å². The van der Waals surface area contributed by atoms with Gasteiger partial charge in [0.25, 0.3) is 0 Å². The Kier molecular flexibility index (Phi) is 2.48. The molecule has 3 nitrogen and oxygen atoms in total. The van der Waals surface area contributed by atoms with Crippen LogP contribution in [0.4, 0.5) is 0 Å². The SMILES string of the molecule is [CH3][Ge]([c]1ccco1)([c]1ccco1)[c]1ccco1. The van der Waals surface area contributed by atoms with Crippen molar-refractivity contribution in [2.45, 2.75) is 5.76 Å². The molecule has 86 valence electrons. The molecule has 4 heteroatoms. The van der Waals surface area contributed by atoms with E-state index in [0.29, 0.717) is 0 Å². The first-order valence-corrected chi connectivity index (χ1v) is 10.7. The van der Waals surface area contributed by atoms with Gasteiger partial charge in [0.05, 0.1) is 0 Å². The van der Waals surface area contributed by atoms with Crippen molar-refractivity contribution < 1.29 is 13.3 Å². The first-order chi connectivity index (χ1) is 8.32. The summed E-state index contributed by atoms with van der Waals surface area (Å²) in [7, 11) is 0. The van der Waals surface area contributed by atoms with Crippen molar-refractivity contribution in [3.05, 3.63) is 55.2 Å². The predicted molar refractivity (Wildman–Crippen MR) is 66.6 cm³/mol. The van der Waals surface area contributed by atoms with Crippen LogP contribution in [0, 0.1) is 0 Å². The summed E-state index contributed by atoms with van der Waals surface area (Å²) in [4.78, 5) is 0. The molecule has 0 fully saturated rings. The van der Waals surface area contributed by atoms with Gasteiger partial charge < -0.3 is 0 Å². The van der Waals surface area contributed by atoms with Crippen molar-refractivity contribution in [1.82, 2.24) is 0 Å². The molecule has 0 unspecified atom stereocenters. The number of hydrogen-bond acceptors (Lipinski definition) is 3. The van der Waals surface area contributed by atoms with E-state index in [1.165, 1.54) is 0 Å². The minimum absolute atomic E-state index is 0.981. The predicted octanol–water partition coefficient (Wildman–Crippen LogP) is 1.57. The second-order valence-electron chi connectivity index (χ2n) is 4.06. The van der Waals surface area contributed by atoms with Crippen molar-refractivity contribution in [2.75, 3.05) is 0 Å². The van der Waals surface area contributed by atoms with Gasteiger partial charge >= 0.3 is 101 Å². The molecule has 0 amide bonds. The van der Waals surface area contributed by atoms with Crippen LogP contribution in [0.5, 0.6) is 0 Å². The molecule has 0 saturated carbocycles. The third-order valence-corrected chi connectivity index (χ3v) is 11.0. The zero-order valence-corrected chi connectivity index (χ0v) is 11.5. The van der Waals surface area contributed by atoms with Gasteiger partial charge in [-0.25, -0.2) is 0 Å². The van der Waals surface area contributed by atoms with E-state index in [0.717, 1.165) is 13.8 Å². The molecule has 0 radical (unpaired) electrons. The quantitative estimate of drug-likeness (QED) is 0.687.